The number of rotatable bonds is 10. The molecule has 0 aromatic heterocycles. The van der Waals surface area contributed by atoms with Gasteiger partial charge in [-0.2, -0.15) is 0 Å². The molecule has 0 aliphatic heterocycles. The highest BCUT2D eigenvalue weighted by Gasteiger charge is 2.11. The van der Waals surface area contributed by atoms with Crippen molar-refractivity contribution in [3.63, 3.8) is 0 Å². The van der Waals surface area contributed by atoms with E-state index in [9.17, 15) is 4.79 Å². The van der Waals surface area contributed by atoms with E-state index in [0.717, 1.165) is 24.3 Å². The molecular formula is C21H23Cl2NO3. The minimum Gasteiger partial charge on any atom is -0.497 e. The second-order valence-electron chi connectivity index (χ2n) is 5.72. The van der Waals surface area contributed by atoms with Gasteiger partial charge in [0.2, 0.25) is 0 Å². The van der Waals surface area contributed by atoms with Crippen LogP contribution in [0.15, 0.2) is 48.5 Å². The molecule has 27 heavy (non-hydrogen) atoms. The van der Waals surface area contributed by atoms with Gasteiger partial charge < -0.3 is 14.4 Å². The fourth-order valence-electron chi connectivity index (χ4n) is 2.63. The Morgan fingerprint density at radius 2 is 1.67 bits per heavy atom. The number of carbonyl (C=O) groups is 1. The quantitative estimate of drug-likeness (QED) is 0.319. The number of hydrogen-bond acceptors (Lipinski definition) is 4. The van der Waals surface area contributed by atoms with E-state index in [1.165, 1.54) is 13.2 Å². The number of benzene rings is 2. The van der Waals surface area contributed by atoms with Crippen molar-refractivity contribution in [1.29, 1.82) is 0 Å². The average Bonchev–Trinajstić information content (AvgIpc) is 2.71. The fraction of sp³-hybridized carbons (Fsp3) is 0.286. The van der Waals surface area contributed by atoms with E-state index < -0.39 is 0 Å². The Balaban J connectivity index is 2.12. The average molecular weight is 408 g/mol. The Kier molecular flexibility index (Phi) is 8.49. The van der Waals surface area contributed by atoms with Gasteiger partial charge in [-0.15, -0.1) is 23.2 Å². The van der Waals surface area contributed by atoms with Crippen molar-refractivity contribution in [2.24, 2.45) is 0 Å². The number of methoxy groups -OCH3 is 2. The smallest absolute Gasteiger partial charge is 0.189 e. The summed E-state index contributed by atoms with van der Waals surface area (Å²) in [5.41, 5.74) is 2.47. The van der Waals surface area contributed by atoms with Crippen LogP contribution in [0.4, 0.5) is 5.69 Å². The molecule has 0 bridgehead atoms. The lowest BCUT2D eigenvalue weighted by atomic mass is 10.1. The zero-order valence-electron chi connectivity index (χ0n) is 15.5. The lowest BCUT2D eigenvalue weighted by molar-refractivity contribution is 0.104. The predicted molar refractivity (Wildman–Crippen MR) is 113 cm³/mol. The summed E-state index contributed by atoms with van der Waals surface area (Å²) in [5.74, 6) is 2.07. The van der Waals surface area contributed by atoms with Crippen molar-refractivity contribution in [3.8, 4) is 11.5 Å². The highest BCUT2D eigenvalue weighted by atomic mass is 35.5. The van der Waals surface area contributed by atoms with Gasteiger partial charge in [0.1, 0.15) is 11.5 Å². The summed E-state index contributed by atoms with van der Waals surface area (Å²) in [5, 5.41) is 0. The molecule has 0 saturated heterocycles. The first-order valence-electron chi connectivity index (χ1n) is 8.54. The third kappa shape index (κ3) is 5.91. The van der Waals surface area contributed by atoms with Gasteiger partial charge in [0.25, 0.3) is 0 Å². The number of ketones is 1. The Hall–Kier alpha value is -2.17. The van der Waals surface area contributed by atoms with Crippen LogP contribution < -0.4 is 14.4 Å². The van der Waals surface area contributed by atoms with E-state index in [0.29, 0.717) is 28.8 Å². The Bertz CT molecular complexity index is 769. The number of alkyl halides is 2. The molecule has 0 fully saturated rings. The maximum absolute atomic E-state index is 12.5. The SMILES string of the molecule is COc1ccc(C(=O)/C=C/c2ccc(N(CCCl)CCCl)cc2)c(OC)c1. The molecule has 6 heteroatoms. The number of hydrogen-bond donors (Lipinski definition) is 0. The number of anilines is 1. The van der Waals surface area contributed by atoms with Crippen molar-refractivity contribution < 1.29 is 14.3 Å². The summed E-state index contributed by atoms with van der Waals surface area (Å²) in [6.07, 6.45) is 3.32. The van der Waals surface area contributed by atoms with Gasteiger partial charge in [0.15, 0.2) is 5.78 Å². The molecule has 2 rings (SSSR count). The zero-order chi connectivity index (χ0) is 19.6. The number of halogens is 2. The first-order chi connectivity index (χ1) is 13.1. The largest absolute Gasteiger partial charge is 0.497 e. The summed E-state index contributed by atoms with van der Waals surface area (Å²) < 4.78 is 10.4. The molecular weight excluding hydrogens is 385 g/mol. The maximum atomic E-state index is 12.5. The summed E-state index contributed by atoms with van der Waals surface area (Å²) in [6.45, 7) is 1.47. The molecule has 0 atom stereocenters. The Labute approximate surface area is 170 Å². The van der Waals surface area contributed by atoms with Crippen molar-refractivity contribution in [3.05, 3.63) is 59.7 Å². The van der Waals surface area contributed by atoms with Gasteiger partial charge in [-0.05, 0) is 35.9 Å². The van der Waals surface area contributed by atoms with Crippen molar-refractivity contribution in [2.75, 3.05) is 44.0 Å². The number of allylic oxidation sites excluding steroid dienone is 1. The van der Waals surface area contributed by atoms with Gasteiger partial charge in [0.05, 0.1) is 19.8 Å². The number of carbonyl (C=O) groups excluding carboxylic acids is 1. The maximum Gasteiger partial charge on any atom is 0.189 e. The molecule has 0 spiro atoms. The Morgan fingerprint density at radius 3 is 2.22 bits per heavy atom. The van der Waals surface area contributed by atoms with E-state index in [-0.39, 0.29) is 5.78 Å². The minimum absolute atomic E-state index is 0.135. The molecule has 2 aromatic rings. The first-order valence-corrected chi connectivity index (χ1v) is 9.61. The van der Waals surface area contributed by atoms with Crippen LogP contribution in [-0.2, 0) is 0 Å². The molecule has 0 aliphatic carbocycles. The van der Waals surface area contributed by atoms with Gasteiger partial charge in [-0.25, -0.2) is 0 Å². The van der Waals surface area contributed by atoms with Crippen LogP contribution in [0.25, 0.3) is 6.08 Å². The third-order valence-electron chi connectivity index (χ3n) is 4.07. The molecule has 0 heterocycles. The Morgan fingerprint density at radius 1 is 1.00 bits per heavy atom. The van der Waals surface area contributed by atoms with Gasteiger partial charge in [0, 0.05) is 36.6 Å². The molecule has 0 aliphatic rings. The molecule has 0 unspecified atom stereocenters. The van der Waals surface area contributed by atoms with Crippen LogP contribution in [0.3, 0.4) is 0 Å². The third-order valence-corrected chi connectivity index (χ3v) is 4.41. The first kappa shape index (κ1) is 21.1. The topological polar surface area (TPSA) is 38.8 Å². The highest BCUT2D eigenvalue weighted by Crippen LogP contribution is 2.25. The molecule has 2 aromatic carbocycles. The molecule has 0 amide bonds. The van der Waals surface area contributed by atoms with Crippen molar-refractivity contribution in [1.82, 2.24) is 0 Å². The van der Waals surface area contributed by atoms with Crippen LogP contribution in [0.1, 0.15) is 15.9 Å². The summed E-state index contributed by atoms with van der Waals surface area (Å²) in [6, 6.07) is 13.0. The van der Waals surface area contributed by atoms with Gasteiger partial charge in [-0.1, -0.05) is 18.2 Å². The van der Waals surface area contributed by atoms with Gasteiger partial charge in [-0.3, -0.25) is 4.79 Å². The van der Waals surface area contributed by atoms with E-state index in [1.807, 2.05) is 24.3 Å². The van der Waals surface area contributed by atoms with E-state index in [1.54, 1.807) is 31.4 Å². The second-order valence-corrected chi connectivity index (χ2v) is 6.48. The standard InChI is InChI=1S/C21H23Cl2NO3/c1-26-18-8-9-19(21(15-18)27-2)20(25)10-5-16-3-6-17(7-4-16)24(13-11-22)14-12-23/h3-10,15H,11-14H2,1-2H3/b10-5+. The van der Waals surface area contributed by atoms with Crippen LogP contribution >= 0.6 is 23.2 Å². The normalized spacial score (nSPS) is 10.8. The van der Waals surface area contributed by atoms with Crippen molar-refractivity contribution >= 4 is 40.7 Å². The summed E-state index contributed by atoms with van der Waals surface area (Å²) in [4.78, 5) is 14.6. The lowest BCUT2D eigenvalue weighted by Gasteiger charge is -2.22. The highest BCUT2D eigenvalue weighted by molar-refractivity contribution is 6.18. The van der Waals surface area contributed by atoms with Gasteiger partial charge >= 0.3 is 0 Å². The minimum atomic E-state index is -0.135. The molecule has 4 nitrogen and oxygen atoms in total. The predicted octanol–water partition coefficient (Wildman–Crippen LogP) is 4.88. The number of ether oxygens (including phenoxy) is 2. The van der Waals surface area contributed by atoms with Crippen LogP contribution in [0.5, 0.6) is 11.5 Å². The fourth-order valence-corrected chi connectivity index (χ4v) is 3.04. The van der Waals surface area contributed by atoms with Crippen LogP contribution in [-0.4, -0.2) is 44.9 Å². The lowest BCUT2D eigenvalue weighted by Crippen LogP contribution is -2.27. The molecule has 0 saturated carbocycles. The molecule has 144 valence electrons. The van der Waals surface area contributed by atoms with Crippen LogP contribution in [0, 0.1) is 0 Å². The molecule has 0 radical (unpaired) electrons. The van der Waals surface area contributed by atoms with Crippen LogP contribution in [0.2, 0.25) is 0 Å². The second kappa shape index (κ2) is 10.9. The van der Waals surface area contributed by atoms with E-state index in [2.05, 4.69) is 4.90 Å². The van der Waals surface area contributed by atoms with E-state index in [4.69, 9.17) is 32.7 Å². The monoisotopic (exact) mass is 407 g/mol. The molecule has 0 N–H and O–H groups in total. The summed E-state index contributed by atoms with van der Waals surface area (Å²) in [7, 11) is 3.10. The van der Waals surface area contributed by atoms with Crippen molar-refractivity contribution in [2.45, 2.75) is 0 Å². The van der Waals surface area contributed by atoms with E-state index >= 15 is 0 Å². The summed E-state index contributed by atoms with van der Waals surface area (Å²) >= 11 is 11.7. The number of nitrogens with zero attached hydrogens (tertiary/aromatic N) is 1. The zero-order valence-corrected chi connectivity index (χ0v) is 17.0.